The van der Waals surface area contributed by atoms with E-state index in [2.05, 4.69) is 10.1 Å². The van der Waals surface area contributed by atoms with Crippen molar-refractivity contribution in [3.8, 4) is 11.1 Å². The minimum absolute atomic E-state index is 0.0561. The number of rotatable bonds is 11. The van der Waals surface area contributed by atoms with Crippen LogP contribution in [0, 0.1) is 0 Å². The molecule has 2 amide bonds. The second kappa shape index (κ2) is 12.0. The molecule has 1 atom stereocenters. The highest BCUT2D eigenvalue weighted by atomic mass is 16.5. The average molecular weight is 483 g/mol. The van der Waals surface area contributed by atoms with Gasteiger partial charge in [-0.3, -0.25) is 14.4 Å². The molecule has 2 N–H and O–H groups in total. The molecule has 3 rings (SSSR count). The van der Waals surface area contributed by atoms with Crippen LogP contribution in [0.3, 0.4) is 0 Å². The van der Waals surface area contributed by atoms with E-state index >= 15 is 0 Å². The molecule has 0 spiro atoms. The summed E-state index contributed by atoms with van der Waals surface area (Å²) in [5.41, 5.74) is 4.27. The van der Waals surface area contributed by atoms with Gasteiger partial charge in [0.2, 0.25) is 5.91 Å². The molecule has 35 heavy (non-hydrogen) atoms. The summed E-state index contributed by atoms with van der Waals surface area (Å²) in [5, 5.41) is 11.6. The van der Waals surface area contributed by atoms with Crippen LogP contribution in [0.25, 0.3) is 11.1 Å². The number of carboxylic acid groups (broad SMARTS) is 1. The van der Waals surface area contributed by atoms with Gasteiger partial charge in [-0.25, -0.2) is 4.79 Å². The molecule has 2 aromatic rings. The van der Waals surface area contributed by atoms with Crippen LogP contribution >= 0.6 is 0 Å². The molecule has 1 aliphatic rings. The van der Waals surface area contributed by atoms with Crippen molar-refractivity contribution in [1.29, 1.82) is 0 Å². The lowest BCUT2D eigenvalue weighted by Crippen LogP contribution is -2.50. The summed E-state index contributed by atoms with van der Waals surface area (Å²) >= 11 is 0. The van der Waals surface area contributed by atoms with Gasteiger partial charge >= 0.3 is 18.0 Å². The molecule has 9 nitrogen and oxygen atoms in total. The van der Waals surface area contributed by atoms with Crippen molar-refractivity contribution in [2.45, 2.75) is 38.1 Å². The monoisotopic (exact) mass is 482 g/mol. The lowest BCUT2D eigenvalue weighted by molar-refractivity contribution is -0.148. The Labute approximate surface area is 204 Å². The third-order valence-electron chi connectivity index (χ3n) is 5.93. The Bertz CT molecular complexity index is 1040. The highest BCUT2D eigenvalue weighted by Crippen LogP contribution is 2.44. The van der Waals surface area contributed by atoms with Gasteiger partial charge in [0.25, 0.3) is 0 Å². The molecule has 0 radical (unpaired) electrons. The highest BCUT2D eigenvalue weighted by Gasteiger charge is 2.31. The maximum atomic E-state index is 13.1. The third kappa shape index (κ3) is 6.38. The van der Waals surface area contributed by atoms with Gasteiger partial charge in [-0.2, -0.15) is 0 Å². The van der Waals surface area contributed by atoms with Gasteiger partial charge in [-0.15, -0.1) is 0 Å². The molecule has 2 aromatic carbocycles. The van der Waals surface area contributed by atoms with Gasteiger partial charge in [-0.1, -0.05) is 55.5 Å². The molecule has 0 bridgehead atoms. The average Bonchev–Trinajstić information content (AvgIpc) is 3.18. The fourth-order valence-electron chi connectivity index (χ4n) is 4.29. The smallest absolute Gasteiger partial charge is 0.407 e. The van der Waals surface area contributed by atoms with E-state index in [0.29, 0.717) is 6.42 Å². The SMILES string of the molecule is CCCN(CC(=O)OC)C(=O)C(CCC(=O)O)NC(=O)OCC1c2ccccc2-c2ccccc21. The van der Waals surface area contributed by atoms with Crippen molar-refractivity contribution in [3.63, 3.8) is 0 Å². The normalized spacial score (nSPS) is 12.7. The number of esters is 1. The maximum Gasteiger partial charge on any atom is 0.407 e. The first-order valence-electron chi connectivity index (χ1n) is 11.5. The number of nitrogens with zero attached hydrogens (tertiary/aromatic N) is 1. The van der Waals surface area contributed by atoms with Crippen molar-refractivity contribution >= 4 is 23.9 Å². The molecule has 0 saturated carbocycles. The first-order chi connectivity index (χ1) is 16.8. The number of hydrogen-bond donors (Lipinski definition) is 2. The molecule has 0 aliphatic heterocycles. The van der Waals surface area contributed by atoms with E-state index in [-0.39, 0.29) is 38.5 Å². The molecule has 186 valence electrons. The third-order valence-corrected chi connectivity index (χ3v) is 5.93. The number of carboxylic acids is 1. The summed E-state index contributed by atoms with van der Waals surface area (Å²) in [4.78, 5) is 49.9. The van der Waals surface area contributed by atoms with Crippen molar-refractivity contribution in [3.05, 3.63) is 59.7 Å². The Kier molecular flexibility index (Phi) is 8.83. The van der Waals surface area contributed by atoms with E-state index in [0.717, 1.165) is 22.3 Å². The van der Waals surface area contributed by atoms with Crippen LogP contribution in [-0.2, 0) is 23.9 Å². The van der Waals surface area contributed by atoms with Crippen LogP contribution in [0.2, 0.25) is 0 Å². The molecule has 0 aromatic heterocycles. The number of benzene rings is 2. The zero-order valence-electron chi connectivity index (χ0n) is 19.9. The van der Waals surface area contributed by atoms with E-state index in [4.69, 9.17) is 9.84 Å². The summed E-state index contributed by atoms with van der Waals surface area (Å²) < 4.78 is 10.2. The van der Waals surface area contributed by atoms with E-state index in [1.54, 1.807) is 0 Å². The molecule has 0 saturated heterocycles. The lowest BCUT2D eigenvalue weighted by atomic mass is 9.98. The van der Waals surface area contributed by atoms with Crippen LogP contribution in [0.15, 0.2) is 48.5 Å². The number of fused-ring (bicyclic) bond motifs is 3. The standard InChI is InChI=1S/C26H30N2O7/c1-3-14-28(15-24(31)34-2)25(32)22(12-13-23(29)30)27-26(33)35-16-21-19-10-6-4-8-17(19)18-9-5-7-11-20(18)21/h4-11,21-22H,3,12-16H2,1-2H3,(H,27,33)(H,29,30). The van der Waals surface area contributed by atoms with Crippen molar-refractivity contribution in [1.82, 2.24) is 10.2 Å². The van der Waals surface area contributed by atoms with Gasteiger partial charge < -0.3 is 24.8 Å². The Morgan fingerprint density at radius 3 is 2.17 bits per heavy atom. The number of amides is 2. The summed E-state index contributed by atoms with van der Waals surface area (Å²) in [7, 11) is 1.22. The van der Waals surface area contributed by atoms with Crippen LogP contribution < -0.4 is 5.32 Å². The van der Waals surface area contributed by atoms with E-state index in [1.165, 1.54) is 12.0 Å². The van der Waals surface area contributed by atoms with Crippen molar-refractivity contribution < 1.29 is 33.8 Å². The number of aliphatic carboxylic acids is 1. The zero-order valence-corrected chi connectivity index (χ0v) is 19.9. The van der Waals surface area contributed by atoms with Gasteiger partial charge in [-0.05, 0) is 35.1 Å². The topological polar surface area (TPSA) is 122 Å². The van der Waals surface area contributed by atoms with Gasteiger partial charge in [0.15, 0.2) is 0 Å². The Morgan fingerprint density at radius 1 is 1.03 bits per heavy atom. The van der Waals surface area contributed by atoms with Crippen LogP contribution in [0.5, 0.6) is 0 Å². The Hall–Kier alpha value is -3.88. The molecule has 1 aliphatic carbocycles. The summed E-state index contributed by atoms with van der Waals surface area (Å²) in [6.45, 7) is 1.85. The quantitative estimate of drug-likeness (QED) is 0.472. The fraction of sp³-hybridized carbons (Fsp3) is 0.385. The number of carbonyl (C=O) groups excluding carboxylic acids is 3. The zero-order chi connectivity index (χ0) is 25.4. The molecule has 1 unspecified atom stereocenters. The molecular formula is C26H30N2O7. The fourth-order valence-corrected chi connectivity index (χ4v) is 4.29. The lowest BCUT2D eigenvalue weighted by Gasteiger charge is -2.26. The van der Waals surface area contributed by atoms with E-state index in [1.807, 2.05) is 55.5 Å². The molecular weight excluding hydrogens is 452 g/mol. The molecule has 0 heterocycles. The maximum absolute atomic E-state index is 13.1. The van der Waals surface area contributed by atoms with Crippen molar-refractivity contribution in [2.75, 3.05) is 26.8 Å². The second-order valence-corrected chi connectivity index (χ2v) is 8.29. The molecule has 9 heteroatoms. The Balaban J connectivity index is 1.70. The number of hydrogen-bond acceptors (Lipinski definition) is 6. The number of methoxy groups -OCH3 is 1. The summed E-state index contributed by atoms with van der Waals surface area (Å²) in [6.07, 6.45) is -0.734. The second-order valence-electron chi connectivity index (χ2n) is 8.29. The van der Waals surface area contributed by atoms with Crippen molar-refractivity contribution in [2.24, 2.45) is 0 Å². The van der Waals surface area contributed by atoms with Gasteiger partial charge in [0.05, 0.1) is 7.11 Å². The van der Waals surface area contributed by atoms with E-state index in [9.17, 15) is 19.2 Å². The summed E-state index contributed by atoms with van der Waals surface area (Å²) in [6, 6.07) is 14.7. The predicted octanol–water partition coefficient (Wildman–Crippen LogP) is 3.17. The van der Waals surface area contributed by atoms with E-state index < -0.39 is 30.0 Å². The number of alkyl carbamates (subject to hydrolysis) is 1. The van der Waals surface area contributed by atoms with Crippen LogP contribution in [-0.4, -0.2) is 66.8 Å². The van der Waals surface area contributed by atoms with Gasteiger partial charge in [0, 0.05) is 18.9 Å². The van der Waals surface area contributed by atoms with Gasteiger partial charge in [0.1, 0.15) is 19.2 Å². The molecule has 0 fully saturated rings. The number of ether oxygens (including phenoxy) is 2. The minimum Gasteiger partial charge on any atom is -0.481 e. The van der Waals surface area contributed by atoms with Crippen LogP contribution in [0.4, 0.5) is 4.79 Å². The van der Waals surface area contributed by atoms with Crippen LogP contribution in [0.1, 0.15) is 43.2 Å². The first kappa shape index (κ1) is 25.7. The Morgan fingerprint density at radius 2 is 1.63 bits per heavy atom. The highest BCUT2D eigenvalue weighted by molar-refractivity contribution is 5.89. The number of nitrogens with one attached hydrogen (secondary N) is 1. The first-order valence-corrected chi connectivity index (χ1v) is 11.5. The predicted molar refractivity (Wildman–Crippen MR) is 128 cm³/mol. The minimum atomic E-state index is -1.15. The summed E-state index contributed by atoms with van der Waals surface area (Å²) in [5.74, 6) is -2.43. The largest absolute Gasteiger partial charge is 0.481 e. The number of carbonyl (C=O) groups is 4.